The normalized spacial score (nSPS) is 58.8. The predicted molar refractivity (Wildman–Crippen MR) is 41.9 cm³/mol. The minimum absolute atomic E-state index is 0.292. The molecule has 11 heavy (non-hydrogen) atoms. The van der Waals surface area contributed by atoms with Gasteiger partial charge in [0.2, 0.25) is 0 Å². The van der Waals surface area contributed by atoms with Gasteiger partial charge in [-0.3, -0.25) is 0 Å². The van der Waals surface area contributed by atoms with Crippen molar-refractivity contribution in [3.63, 3.8) is 0 Å². The molecule has 0 aliphatic heterocycles. The molecule has 2 bridgehead atoms. The summed E-state index contributed by atoms with van der Waals surface area (Å²) in [5.41, 5.74) is -0.764. The highest BCUT2D eigenvalue weighted by molar-refractivity contribution is 5.22. The number of halogens is 1. The molecule has 4 atom stereocenters. The van der Waals surface area contributed by atoms with Crippen molar-refractivity contribution >= 4 is 0 Å². The molecular weight excluding hydrogens is 139 g/mol. The second-order valence-corrected chi connectivity index (χ2v) is 4.32. The first-order valence-corrected chi connectivity index (χ1v) is 4.68. The summed E-state index contributed by atoms with van der Waals surface area (Å²) in [6.45, 7) is 0. The summed E-state index contributed by atoms with van der Waals surface area (Å²) in [5, 5.41) is 0. The van der Waals surface area contributed by atoms with Crippen LogP contribution in [-0.2, 0) is 0 Å². The Bertz CT molecular complexity index is 221. The number of hydrogen-bond acceptors (Lipinski definition) is 0. The summed E-state index contributed by atoms with van der Waals surface area (Å²) >= 11 is 0. The third kappa shape index (κ3) is 0.567. The minimum Gasteiger partial charge on any atom is -0.243 e. The standard InChI is InChI=1S/C10H13F/c11-10-5-1-2-9(10)7-3-4-8(10)6-7/h3-4,7-9H,1-2,5-6H2. The van der Waals surface area contributed by atoms with Gasteiger partial charge in [0.05, 0.1) is 0 Å². The lowest BCUT2D eigenvalue weighted by Crippen LogP contribution is -2.31. The number of fused-ring (bicyclic) bond motifs is 5. The van der Waals surface area contributed by atoms with Gasteiger partial charge in [-0.05, 0) is 37.5 Å². The van der Waals surface area contributed by atoms with E-state index in [1.807, 2.05) is 0 Å². The average molecular weight is 152 g/mol. The van der Waals surface area contributed by atoms with Crippen molar-refractivity contribution in [3.05, 3.63) is 12.2 Å². The van der Waals surface area contributed by atoms with E-state index >= 15 is 0 Å². The molecule has 3 aliphatic rings. The van der Waals surface area contributed by atoms with Crippen LogP contribution in [0.5, 0.6) is 0 Å². The molecule has 0 aromatic heterocycles. The summed E-state index contributed by atoms with van der Waals surface area (Å²) in [5.74, 6) is 1.30. The minimum atomic E-state index is -0.764. The highest BCUT2D eigenvalue weighted by Crippen LogP contribution is 2.60. The smallest absolute Gasteiger partial charge is 0.120 e. The highest BCUT2D eigenvalue weighted by atomic mass is 19.1. The maximum absolute atomic E-state index is 14.1. The fraction of sp³-hybridized carbons (Fsp3) is 0.800. The molecule has 0 aromatic rings. The van der Waals surface area contributed by atoms with E-state index < -0.39 is 5.67 Å². The van der Waals surface area contributed by atoms with Crippen LogP contribution in [0.15, 0.2) is 12.2 Å². The van der Waals surface area contributed by atoms with Gasteiger partial charge in [0, 0.05) is 5.92 Å². The van der Waals surface area contributed by atoms with Crippen molar-refractivity contribution in [1.29, 1.82) is 0 Å². The van der Waals surface area contributed by atoms with E-state index in [9.17, 15) is 4.39 Å². The number of allylic oxidation sites excluding steroid dienone is 2. The lowest BCUT2D eigenvalue weighted by molar-refractivity contribution is 0.0939. The van der Waals surface area contributed by atoms with E-state index in [1.54, 1.807) is 0 Å². The first kappa shape index (κ1) is 6.22. The van der Waals surface area contributed by atoms with Crippen LogP contribution < -0.4 is 0 Å². The Balaban J connectivity index is 2.06. The van der Waals surface area contributed by atoms with Gasteiger partial charge in [0.25, 0.3) is 0 Å². The largest absolute Gasteiger partial charge is 0.243 e. The second-order valence-electron chi connectivity index (χ2n) is 4.32. The zero-order valence-electron chi connectivity index (χ0n) is 6.59. The van der Waals surface area contributed by atoms with E-state index in [2.05, 4.69) is 12.2 Å². The van der Waals surface area contributed by atoms with Crippen molar-refractivity contribution in [2.75, 3.05) is 0 Å². The monoisotopic (exact) mass is 152 g/mol. The molecule has 0 nitrogen and oxygen atoms in total. The van der Waals surface area contributed by atoms with Crippen LogP contribution in [0, 0.1) is 17.8 Å². The summed E-state index contributed by atoms with van der Waals surface area (Å²) in [7, 11) is 0. The second kappa shape index (κ2) is 1.70. The SMILES string of the molecule is FC12CCCC1C1C=CC2C1. The van der Waals surface area contributed by atoms with Gasteiger partial charge in [0.15, 0.2) is 0 Å². The average Bonchev–Trinajstić information content (AvgIpc) is 2.54. The quantitative estimate of drug-likeness (QED) is 0.468. The molecule has 3 rings (SSSR count). The predicted octanol–water partition coefficient (Wildman–Crippen LogP) is 2.70. The van der Waals surface area contributed by atoms with E-state index in [-0.39, 0.29) is 0 Å². The molecule has 0 spiro atoms. The first-order valence-electron chi connectivity index (χ1n) is 4.68. The summed E-state index contributed by atoms with van der Waals surface area (Å²) in [6.07, 6.45) is 8.58. The molecule has 3 aliphatic carbocycles. The van der Waals surface area contributed by atoms with Crippen molar-refractivity contribution in [1.82, 2.24) is 0 Å². The summed E-state index contributed by atoms with van der Waals surface area (Å²) < 4.78 is 14.1. The van der Waals surface area contributed by atoms with Gasteiger partial charge < -0.3 is 0 Å². The van der Waals surface area contributed by atoms with Gasteiger partial charge in [0.1, 0.15) is 5.67 Å². The van der Waals surface area contributed by atoms with Crippen molar-refractivity contribution in [2.45, 2.75) is 31.4 Å². The van der Waals surface area contributed by atoms with Crippen LogP contribution in [0.1, 0.15) is 25.7 Å². The zero-order chi connectivity index (χ0) is 7.47. The van der Waals surface area contributed by atoms with E-state index in [4.69, 9.17) is 0 Å². The van der Waals surface area contributed by atoms with Crippen LogP contribution in [0.3, 0.4) is 0 Å². The molecule has 2 fully saturated rings. The third-order valence-electron chi connectivity index (χ3n) is 3.94. The molecule has 0 amide bonds. The number of hydrogen-bond donors (Lipinski definition) is 0. The zero-order valence-corrected chi connectivity index (χ0v) is 6.59. The van der Waals surface area contributed by atoms with Crippen LogP contribution >= 0.6 is 0 Å². The fourth-order valence-electron chi connectivity index (χ4n) is 3.43. The molecule has 0 N–H and O–H groups in total. The molecule has 4 unspecified atom stereocenters. The Labute approximate surface area is 66.5 Å². The molecule has 0 radical (unpaired) electrons. The summed E-state index contributed by atoms with van der Waals surface area (Å²) in [4.78, 5) is 0. The van der Waals surface area contributed by atoms with E-state index in [1.165, 1.54) is 0 Å². The lowest BCUT2D eigenvalue weighted by Gasteiger charge is -2.28. The first-order chi connectivity index (χ1) is 5.31. The number of rotatable bonds is 0. The van der Waals surface area contributed by atoms with E-state index in [0.29, 0.717) is 17.8 Å². The number of alkyl halides is 1. The lowest BCUT2D eigenvalue weighted by atomic mass is 9.83. The maximum Gasteiger partial charge on any atom is 0.120 e. The van der Waals surface area contributed by atoms with E-state index in [0.717, 1.165) is 25.7 Å². The molecular formula is C10H13F. The summed E-state index contributed by atoms with van der Waals surface area (Å²) in [6, 6.07) is 0. The van der Waals surface area contributed by atoms with Gasteiger partial charge in [-0.25, -0.2) is 4.39 Å². The van der Waals surface area contributed by atoms with Crippen LogP contribution in [-0.4, -0.2) is 5.67 Å². The highest BCUT2D eigenvalue weighted by Gasteiger charge is 2.58. The molecule has 0 heterocycles. The maximum atomic E-state index is 14.1. The molecule has 2 saturated carbocycles. The van der Waals surface area contributed by atoms with Crippen LogP contribution in [0.4, 0.5) is 4.39 Å². The Morgan fingerprint density at radius 3 is 3.09 bits per heavy atom. The van der Waals surface area contributed by atoms with Gasteiger partial charge in [-0.1, -0.05) is 12.2 Å². The Morgan fingerprint density at radius 2 is 2.27 bits per heavy atom. The van der Waals surface area contributed by atoms with Crippen LogP contribution in [0.25, 0.3) is 0 Å². The fourth-order valence-corrected chi connectivity index (χ4v) is 3.43. The van der Waals surface area contributed by atoms with Crippen molar-refractivity contribution in [2.24, 2.45) is 17.8 Å². The van der Waals surface area contributed by atoms with Gasteiger partial charge >= 0.3 is 0 Å². The van der Waals surface area contributed by atoms with Crippen molar-refractivity contribution in [3.8, 4) is 0 Å². The van der Waals surface area contributed by atoms with Crippen LogP contribution in [0.2, 0.25) is 0 Å². The molecule has 1 heteroatoms. The molecule has 0 aromatic carbocycles. The third-order valence-corrected chi connectivity index (χ3v) is 3.94. The molecule has 0 saturated heterocycles. The Hall–Kier alpha value is -0.330. The van der Waals surface area contributed by atoms with Gasteiger partial charge in [-0.2, -0.15) is 0 Å². The topological polar surface area (TPSA) is 0 Å². The van der Waals surface area contributed by atoms with Gasteiger partial charge in [-0.15, -0.1) is 0 Å². The van der Waals surface area contributed by atoms with Crippen molar-refractivity contribution < 1.29 is 4.39 Å². The molecule has 60 valence electrons. The Kier molecular flexibility index (Phi) is 0.961. The Morgan fingerprint density at radius 1 is 1.36 bits per heavy atom.